The Morgan fingerprint density at radius 3 is 2.59 bits per heavy atom. The first kappa shape index (κ1) is 16.0. The fraction of sp³-hybridized carbons (Fsp3) is 0.188. The predicted molar refractivity (Wildman–Crippen MR) is 94.1 cm³/mol. The van der Waals surface area contributed by atoms with E-state index >= 15 is 0 Å². The topological polar surface area (TPSA) is 20.3 Å². The average Bonchev–Trinajstić information content (AvgIpc) is 2.96. The summed E-state index contributed by atoms with van der Waals surface area (Å²) in [4.78, 5) is 14.6. The molecule has 0 radical (unpaired) electrons. The van der Waals surface area contributed by atoms with Crippen molar-refractivity contribution >= 4 is 52.5 Å². The zero-order valence-electron chi connectivity index (χ0n) is 11.4. The highest BCUT2D eigenvalue weighted by Crippen LogP contribution is 2.42. The molecule has 2 aromatic carbocycles. The van der Waals surface area contributed by atoms with Crippen molar-refractivity contribution in [2.45, 2.75) is 5.37 Å². The summed E-state index contributed by atoms with van der Waals surface area (Å²) in [5, 5.41) is 1.50. The van der Waals surface area contributed by atoms with Gasteiger partial charge >= 0.3 is 0 Å². The van der Waals surface area contributed by atoms with Gasteiger partial charge in [0.05, 0.1) is 10.6 Å². The molecule has 0 bridgehead atoms. The number of carbonyl (C=O) groups is 1. The van der Waals surface area contributed by atoms with Crippen LogP contribution in [0.3, 0.4) is 0 Å². The summed E-state index contributed by atoms with van der Waals surface area (Å²) in [6.07, 6.45) is 0. The molecule has 1 saturated heterocycles. The maximum atomic E-state index is 12.8. The van der Waals surface area contributed by atoms with Gasteiger partial charge in [-0.05, 0) is 24.3 Å². The van der Waals surface area contributed by atoms with Crippen LogP contribution in [0.1, 0.15) is 21.3 Å². The van der Waals surface area contributed by atoms with Crippen LogP contribution in [0.15, 0.2) is 42.5 Å². The van der Waals surface area contributed by atoms with E-state index in [0.29, 0.717) is 27.2 Å². The summed E-state index contributed by atoms with van der Waals surface area (Å²) >= 11 is 20.1. The molecule has 1 unspecified atom stereocenters. The number of halogens is 3. The molecule has 0 N–H and O–H groups in total. The Kier molecular flexibility index (Phi) is 4.88. The fourth-order valence-corrected chi connectivity index (χ4v) is 4.51. The number of hydrogen-bond donors (Lipinski definition) is 0. The molecule has 1 aliphatic rings. The smallest absolute Gasteiger partial charge is 0.256 e. The Bertz CT molecular complexity index is 722. The number of nitrogens with zero attached hydrogens (tertiary/aromatic N) is 1. The first-order valence-electron chi connectivity index (χ1n) is 6.70. The van der Waals surface area contributed by atoms with Crippen LogP contribution >= 0.6 is 46.6 Å². The molecule has 1 amide bonds. The minimum Gasteiger partial charge on any atom is -0.322 e. The Balaban J connectivity index is 1.93. The molecular weight excluding hydrogens is 361 g/mol. The van der Waals surface area contributed by atoms with Gasteiger partial charge in [-0.2, -0.15) is 0 Å². The lowest BCUT2D eigenvalue weighted by molar-refractivity contribution is 0.0760. The third kappa shape index (κ3) is 3.09. The van der Waals surface area contributed by atoms with Crippen molar-refractivity contribution < 1.29 is 4.79 Å². The summed E-state index contributed by atoms with van der Waals surface area (Å²) < 4.78 is 0. The minimum absolute atomic E-state index is 0.0772. The molecule has 6 heteroatoms. The van der Waals surface area contributed by atoms with Gasteiger partial charge in [-0.25, -0.2) is 0 Å². The number of amides is 1. The van der Waals surface area contributed by atoms with Gasteiger partial charge in [0.2, 0.25) is 0 Å². The Morgan fingerprint density at radius 2 is 1.86 bits per heavy atom. The number of thioether (sulfide) groups is 1. The predicted octanol–water partition coefficient (Wildman–Crippen LogP) is 5.53. The van der Waals surface area contributed by atoms with Crippen LogP contribution in [0.4, 0.5) is 0 Å². The monoisotopic (exact) mass is 371 g/mol. The number of carbonyl (C=O) groups excluding carboxylic acids is 1. The summed E-state index contributed by atoms with van der Waals surface area (Å²) in [6, 6.07) is 12.5. The third-order valence-electron chi connectivity index (χ3n) is 3.48. The van der Waals surface area contributed by atoms with E-state index < -0.39 is 0 Å². The van der Waals surface area contributed by atoms with Crippen molar-refractivity contribution in [1.29, 1.82) is 0 Å². The van der Waals surface area contributed by atoms with Crippen molar-refractivity contribution in [1.82, 2.24) is 4.90 Å². The fourth-order valence-electron chi connectivity index (χ4n) is 2.43. The second-order valence-electron chi connectivity index (χ2n) is 4.87. The van der Waals surface area contributed by atoms with Gasteiger partial charge in [0.25, 0.3) is 5.91 Å². The maximum Gasteiger partial charge on any atom is 0.256 e. The maximum absolute atomic E-state index is 12.8. The second kappa shape index (κ2) is 6.71. The van der Waals surface area contributed by atoms with Gasteiger partial charge in [0.15, 0.2) is 0 Å². The van der Waals surface area contributed by atoms with Crippen LogP contribution in [-0.2, 0) is 0 Å². The molecule has 0 aromatic heterocycles. The molecule has 3 rings (SSSR count). The summed E-state index contributed by atoms with van der Waals surface area (Å²) in [5.41, 5.74) is 1.41. The van der Waals surface area contributed by atoms with Crippen molar-refractivity contribution in [3.05, 3.63) is 68.7 Å². The quantitative estimate of drug-likeness (QED) is 0.690. The van der Waals surface area contributed by atoms with Gasteiger partial charge in [-0.3, -0.25) is 4.79 Å². The lowest BCUT2D eigenvalue weighted by Crippen LogP contribution is -2.30. The molecule has 114 valence electrons. The highest BCUT2D eigenvalue weighted by molar-refractivity contribution is 7.99. The third-order valence-corrected chi connectivity index (χ3v) is 5.62. The largest absolute Gasteiger partial charge is 0.322 e. The Morgan fingerprint density at radius 1 is 1.09 bits per heavy atom. The van der Waals surface area contributed by atoms with E-state index in [-0.39, 0.29) is 11.3 Å². The van der Waals surface area contributed by atoms with E-state index in [9.17, 15) is 4.79 Å². The molecule has 22 heavy (non-hydrogen) atoms. The SMILES string of the molecule is O=C(c1ccccc1Cl)N1CCSC1c1ccc(Cl)cc1Cl. The lowest BCUT2D eigenvalue weighted by atomic mass is 10.1. The van der Waals surface area contributed by atoms with E-state index in [0.717, 1.165) is 11.3 Å². The zero-order valence-corrected chi connectivity index (χ0v) is 14.5. The van der Waals surface area contributed by atoms with Gasteiger partial charge in [0.1, 0.15) is 5.37 Å². The summed E-state index contributed by atoms with van der Waals surface area (Å²) in [7, 11) is 0. The molecule has 1 heterocycles. The van der Waals surface area contributed by atoms with Crippen molar-refractivity contribution in [2.24, 2.45) is 0 Å². The first-order valence-corrected chi connectivity index (χ1v) is 8.88. The van der Waals surface area contributed by atoms with Crippen LogP contribution in [-0.4, -0.2) is 23.1 Å². The van der Waals surface area contributed by atoms with E-state index in [2.05, 4.69) is 0 Å². The van der Waals surface area contributed by atoms with Gasteiger partial charge < -0.3 is 4.90 Å². The van der Waals surface area contributed by atoms with Crippen molar-refractivity contribution in [3.63, 3.8) is 0 Å². The molecule has 2 aromatic rings. The molecule has 0 aliphatic carbocycles. The summed E-state index contributed by atoms with van der Waals surface area (Å²) in [5.74, 6) is 0.784. The van der Waals surface area contributed by atoms with Crippen LogP contribution in [0, 0.1) is 0 Å². The van der Waals surface area contributed by atoms with E-state index in [4.69, 9.17) is 34.8 Å². The summed E-state index contributed by atoms with van der Waals surface area (Å²) in [6.45, 7) is 0.665. The number of benzene rings is 2. The van der Waals surface area contributed by atoms with Gasteiger partial charge in [0, 0.05) is 27.9 Å². The van der Waals surface area contributed by atoms with Crippen molar-refractivity contribution in [3.8, 4) is 0 Å². The molecule has 0 saturated carbocycles. The molecule has 2 nitrogen and oxygen atoms in total. The number of rotatable bonds is 2. The molecule has 1 aliphatic heterocycles. The number of hydrogen-bond acceptors (Lipinski definition) is 2. The van der Waals surface area contributed by atoms with Gasteiger partial charge in [-0.1, -0.05) is 53.0 Å². The van der Waals surface area contributed by atoms with Crippen LogP contribution in [0.25, 0.3) is 0 Å². The van der Waals surface area contributed by atoms with E-state index in [1.807, 2.05) is 18.2 Å². The standard InChI is InChI=1S/C16H12Cl3NOS/c17-10-5-6-12(14(19)9-10)16-20(7-8-22-16)15(21)11-3-1-2-4-13(11)18/h1-6,9,16H,7-8H2. The molecule has 1 fully saturated rings. The van der Waals surface area contributed by atoms with E-state index in [1.165, 1.54) is 0 Å². The Hall–Kier alpha value is -0.870. The van der Waals surface area contributed by atoms with Crippen LogP contribution in [0.2, 0.25) is 15.1 Å². The van der Waals surface area contributed by atoms with Crippen LogP contribution in [0.5, 0.6) is 0 Å². The van der Waals surface area contributed by atoms with E-state index in [1.54, 1.807) is 40.9 Å². The molecule has 0 spiro atoms. The van der Waals surface area contributed by atoms with Crippen LogP contribution < -0.4 is 0 Å². The lowest BCUT2D eigenvalue weighted by Gasteiger charge is -2.25. The van der Waals surface area contributed by atoms with Crippen molar-refractivity contribution in [2.75, 3.05) is 12.3 Å². The average molecular weight is 373 g/mol. The molecule has 1 atom stereocenters. The van der Waals surface area contributed by atoms with Gasteiger partial charge in [-0.15, -0.1) is 11.8 Å². The first-order chi connectivity index (χ1) is 10.6. The Labute approximate surface area is 148 Å². The minimum atomic E-state index is -0.117. The highest BCUT2D eigenvalue weighted by Gasteiger charge is 2.33. The molecular formula is C16H12Cl3NOS. The highest BCUT2D eigenvalue weighted by atomic mass is 35.5. The second-order valence-corrected chi connectivity index (χ2v) is 7.31. The normalized spacial score (nSPS) is 17.8. The zero-order chi connectivity index (χ0) is 15.7.